The number of anilines is 1. The maximum Gasteiger partial charge on any atom is 0.337 e. The molecule has 1 aliphatic rings. The summed E-state index contributed by atoms with van der Waals surface area (Å²) in [6.45, 7) is 0.367. The zero-order valence-electron chi connectivity index (χ0n) is 21.3. The predicted molar refractivity (Wildman–Crippen MR) is 138 cm³/mol. The molecule has 1 N–H and O–H groups in total. The molecule has 8 nitrogen and oxygen atoms in total. The summed E-state index contributed by atoms with van der Waals surface area (Å²) in [6.07, 6.45) is 1.54. The predicted octanol–water partition coefficient (Wildman–Crippen LogP) is 4.20. The molecule has 1 aliphatic heterocycles. The Hall–Kier alpha value is -4.31. The van der Waals surface area contributed by atoms with Crippen LogP contribution in [0.25, 0.3) is 0 Å². The monoisotopic (exact) mass is 538 g/mol. The van der Waals surface area contributed by atoms with Crippen LogP contribution < -0.4 is 15.0 Å². The van der Waals surface area contributed by atoms with Gasteiger partial charge in [0.15, 0.2) is 6.61 Å². The molecule has 2 amide bonds. The first-order valence-corrected chi connectivity index (χ1v) is 12.4. The number of methoxy groups -OCH3 is 1. The molecular formula is C29H28F2N2O6. The van der Waals surface area contributed by atoms with Crippen LogP contribution in [0.2, 0.25) is 0 Å². The van der Waals surface area contributed by atoms with E-state index in [0.29, 0.717) is 12.2 Å². The molecule has 3 aromatic carbocycles. The van der Waals surface area contributed by atoms with E-state index in [1.165, 1.54) is 72.7 Å². The van der Waals surface area contributed by atoms with Gasteiger partial charge in [0.05, 0.1) is 18.8 Å². The summed E-state index contributed by atoms with van der Waals surface area (Å²) in [5.74, 6) is -2.39. The van der Waals surface area contributed by atoms with Crippen LogP contribution in [0.15, 0.2) is 72.8 Å². The van der Waals surface area contributed by atoms with Crippen LogP contribution in [-0.4, -0.2) is 50.8 Å². The molecule has 1 fully saturated rings. The van der Waals surface area contributed by atoms with Gasteiger partial charge in [0.1, 0.15) is 23.4 Å². The minimum absolute atomic E-state index is 0.145. The van der Waals surface area contributed by atoms with E-state index < -0.39 is 42.1 Å². The Balaban J connectivity index is 1.68. The molecule has 0 aromatic heterocycles. The van der Waals surface area contributed by atoms with Crippen LogP contribution in [0.5, 0.6) is 5.75 Å². The molecule has 0 saturated carbocycles. The van der Waals surface area contributed by atoms with Gasteiger partial charge in [-0.05, 0) is 79.1 Å². The van der Waals surface area contributed by atoms with Crippen molar-refractivity contribution in [1.82, 2.24) is 5.32 Å². The summed E-state index contributed by atoms with van der Waals surface area (Å²) < 4.78 is 43.0. The Labute approximate surface area is 224 Å². The van der Waals surface area contributed by atoms with Crippen LogP contribution >= 0.6 is 0 Å². The van der Waals surface area contributed by atoms with Gasteiger partial charge in [-0.1, -0.05) is 12.1 Å². The standard InChI is InChI=1S/C29H28F2N2O6/c1-37-29(36)20-6-4-19(5-7-20)27(28(35)32-17-25-3-2-16-38-25)33(23-12-8-21(30)9-13-23)26(34)18-39-24-14-10-22(31)11-15-24/h4-15,25,27H,2-3,16-18H2,1H3,(H,32,35)/t25-,27-/m1/s1. The Morgan fingerprint density at radius 1 is 0.974 bits per heavy atom. The number of carbonyl (C=O) groups is 3. The highest BCUT2D eigenvalue weighted by atomic mass is 19.1. The van der Waals surface area contributed by atoms with E-state index in [2.05, 4.69) is 5.32 Å². The van der Waals surface area contributed by atoms with Crippen molar-refractivity contribution >= 4 is 23.5 Å². The number of hydrogen-bond acceptors (Lipinski definition) is 6. The first-order valence-electron chi connectivity index (χ1n) is 12.4. The lowest BCUT2D eigenvalue weighted by Gasteiger charge is -2.32. The molecule has 1 saturated heterocycles. The zero-order valence-corrected chi connectivity index (χ0v) is 21.3. The second-order valence-electron chi connectivity index (χ2n) is 8.88. The van der Waals surface area contributed by atoms with Crippen LogP contribution in [0.3, 0.4) is 0 Å². The molecule has 39 heavy (non-hydrogen) atoms. The number of esters is 1. The Kier molecular flexibility index (Phi) is 9.22. The largest absolute Gasteiger partial charge is 0.484 e. The lowest BCUT2D eigenvalue weighted by Crippen LogP contribution is -2.47. The van der Waals surface area contributed by atoms with E-state index in [9.17, 15) is 23.2 Å². The fourth-order valence-electron chi connectivity index (χ4n) is 4.24. The lowest BCUT2D eigenvalue weighted by atomic mass is 10.0. The third kappa shape index (κ3) is 7.17. The second kappa shape index (κ2) is 13.0. The van der Waals surface area contributed by atoms with Crippen LogP contribution in [0.1, 0.15) is 34.8 Å². The van der Waals surface area contributed by atoms with Crippen molar-refractivity contribution in [2.75, 3.05) is 31.8 Å². The topological polar surface area (TPSA) is 94.2 Å². The fraction of sp³-hybridized carbons (Fsp3) is 0.276. The Bertz CT molecular complexity index is 1280. The number of amides is 2. The molecule has 2 atom stereocenters. The van der Waals surface area contributed by atoms with Crippen molar-refractivity contribution in [3.63, 3.8) is 0 Å². The van der Waals surface area contributed by atoms with Gasteiger partial charge in [-0.2, -0.15) is 0 Å². The van der Waals surface area contributed by atoms with E-state index >= 15 is 0 Å². The minimum Gasteiger partial charge on any atom is -0.484 e. The highest BCUT2D eigenvalue weighted by Crippen LogP contribution is 2.29. The number of hydrogen-bond donors (Lipinski definition) is 1. The molecule has 3 aromatic rings. The van der Waals surface area contributed by atoms with Gasteiger partial charge >= 0.3 is 5.97 Å². The number of carbonyl (C=O) groups excluding carboxylic acids is 3. The number of nitrogens with zero attached hydrogens (tertiary/aromatic N) is 1. The van der Waals surface area contributed by atoms with Crippen molar-refractivity contribution in [1.29, 1.82) is 0 Å². The number of nitrogens with one attached hydrogen (secondary N) is 1. The zero-order chi connectivity index (χ0) is 27.8. The number of rotatable bonds is 10. The van der Waals surface area contributed by atoms with Crippen molar-refractivity contribution in [2.45, 2.75) is 25.0 Å². The number of halogens is 2. The van der Waals surface area contributed by atoms with E-state index in [4.69, 9.17) is 14.2 Å². The maximum absolute atomic E-state index is 13.8. The van der Waals surface area contributed by atoms with E-state index in [1.807, 2.05) is 0 Å². The molecular weight excluding hydrogens is 510 g/mol. The van der Waals surface area contributed by atoms with E-state index in [1.54, 1.807) is 12.1 Å². The maximum atomic E-state index is 13.8. The molecule has 1 heterocycles. The van der Waals surface area contributed by atoms with Gasteiger partial charge in [-0.25, -0.2) is 13.6 Å². The molecule has 0 unspecified atom stereocenters. The second-order valence-corrected chi connectivity index (χ2v) is 8.88. The quantitative estimate of drug-likeness (QED) is 0.389. The van der Waals surface area contributed by atoms with E-state index in [0.717, 1.165) is 12.8 Å². The van der Waals surface area contributed by atoms with E-state index in [-0.39, 0.29) is 29.6 Å². The van der Waals surface area contributed by atoms with Gasteiger partial charge in [-0.15, -0.1) is 0 Å². The highest BCUT2D eigenvalue weighted by molar-refractivity contribution is 6.02. The summed E-state index contributed by atoms with van der Waals surface area (Å²) in [7, 11) is 1.26. The lowest BCUT2D eigenvalue weighted by molar-refractivity contribution is -0.127. The van der Waals surface area contributed by atoms with Crippen molar-refractivity contribution in [3.8, 4) is 5.75 Å². The van der Waals surface area contributed by atoms with Crippen LogP contribution in [0.4, 0.5) is 14.5 Å². The highest BCUT2D eigenvalue weighted by Gasteiger charge is 2.34. The van der Waals surface area contributed by atoms with Gasteiger partial charge in [0.2, 0.25) is 5.91 Å². The van der Waals surface area contributed by atoms with Crippen molar-refractivity contribution in [2.24, 2.45) is 0 Å². The molecule has 204 valence electrons. The third-order valence-corrected chi connectivity index (χ3v) is 6.23. The molecule has 10 heteroatoms. The summed E-state index contributed by atoms with van der Waals surface area (Å²) in [5.41, 5.74) is 0.907. The molecule has 4 rings (SSSR count). The normalized spacial score (nSPS) is 15.3. The molecule has 0 spiro atoms. The summed E-state index contributed by atoms with van der Waals surface area (Å²) in [5, 5.41) is 2.86. The van der Waals surface area contributed by atoms with Gasteiger partial charge < -0.3 is 19.5 Å². The molecule has 0 aliphatic carbocycles. The number of ether oxygens (including phenoxy) is 3. The molecule has 0 radical (unpaired) electrons. The number of benzene rings is 3. The Morgan fingerprint density at radius 2 is 1.62 bits per heavy atom. The van der Waals surface area contributed by atoms with Gasteiger partial charge in [-0.3, -0.25) is 14.5 Å². The summed E-state index contributed by atoms with van der Waals surface area (Å²) in [4.78, 5) is 40.5. The summed E-state index contributed by atoms with van der Waals surface area (Å²) >= 11 is 0. The average Bonchev–Trinajstić information content (AvgIpc) is 3.48. The van der Waals surface area contributed by atoms with Crippen molar-refractivity contribution < 1.29 is 37.4 Å². The third-order valence-electron chi connectivity index (χ3n) is 6.23. The first kappa shape index (κ1) is 27.7. The fourth-order valence-corrected chi connectivity index (χ4v) is 4.24. The van der Waals surface area contributed by atoms with Gasteiger partial charge in [0.25, 0.3) is 5.91 Å². The smallest absolute Gasteiger partial charge is 0.337 e. The van der Waals surface area contributed by atoms with Crippen molar-refractivity contribution in [3.05, 3.63) is 95.6 Å². The molecule has 0 bridgehead atoms. The van der Waals surface area contributed by atoms with Crippen LogP contribution in [0, 0.1) is 11.6 Å². The Morgan fingerprint density at radius 3 is 2.21 bits per heavy atom. The summed E-state index contributed by atoms with van der Waals surface area (Å²) in [6, 6.07) is 15.1. The first-order chi connectivity index (χ1) is 18.9. The van der Waals surface area contributed by atoms with Gasteiger partial charge in [0, 0.05) is 18.8 Å². The average molecular weight is 539 g/mol. The van der Waals surface area contributed by atoms with Crippen LogP contribution in [-0.2, 0) is 19.1 Å². The SMILES string of the molecule is COC(=O)c1ccc([C@H](C(=O)NC[C@H]2CCCO2)N(C(=O)COc2ccc(F)cc2)c2ccc(F)cc2)cc1. The minimum atomic E-state index is -1.20.